The van der Waals surface area contributed by atoms with Crippen LogP contribution in [0.3, 0.4) is 0 Å². The Morgan fingerprint density at radius 2 is 1.65 bits per heavy atom. The van der Waals surface area contributed by atoms with Gasteiger partial charge in [0, 0.05) is 19.0 Å². The quantitative estimate of drug-likeness (QED) is 0.765. The number of carbonyl (C=O) groups excluding carboxylic acids is 1. The first-order chi connectivity index (χ1) is 7.91. The molecule has 94 valence electrons. The minimum Gasteiger partial charge on any atom is -0.348 e. The van der Waals surface area contributed by atoms with Gasteiger partial charge >= 0.3 is 0 Å². The lowest BCUT2D eigenvalue weighted by Gasteiger charge is -2.16. The maximum absolute atomic E-state index is 11.7. The third-order valence-electron chi connectivity index (χ3n) is 2.65. The van der Waals surface area contributed by atoms with E-state index in [1.165, 1.54) is 5.56 Å². The Morgan fingerprint density at radius 3 is 2.06 bits per heavy atom. The molecule has 0 saturated carbocycles. The van der Waals surface area contributed by atoms with Crippen LogP contribution in [-0.4, -0.2) is 30.2 Å². The average molecular weight is 251 g/mol. The van der Waals surface area contributed by atoms with Gasteiger partial charge in [0.2, 0.25) is 5.91 Å². The van der Waals surface area contributed by atoms with Crippen LogP contribution in [0.2, 0.25) is 0 Å². The van der Waals surface area contributed by atoms with Gasteiger partial charge in [-0.1, -0.05) is 26.0 Å². The number of nitrogens with zero attached hydrogens (tertiary/aromatic N) is 1. The normalized spacial score (nSPS) is 12.6. The summed E-state index contributed by atoms with van der Waals surface area (Å²) in [7, 11) is 3.59. The SMILES string of the molecule is CC(Sc1ccc(C(C)C)cc1)C(=O)N(C)C. The van der Waals surface area contributed by atoms with Crippen molar-refractivity contribution < 1.29 is 4.79 Å². The van der Waals surface area contributed by atoms with Gasteiger partial charge in [0.15, 0.2) is 0 Å². The van der Waals surface area contributed by atoms with E-state index in [0.717, 1.165) is 4.90 Å². The van der Waals surface area contributed by atoms with Crippen molar-refractivity contribution in [1.29, 1.82) is 0 Å². The van der Waals surface area contributed by atoms with E-state index in [4.69, 9.17) is 0 Å². The van der Waals surface area contributed by atoms with E-state index >= 15 is 0 Å². The lowest BCUT2D eigenvalue weighted by Crippen LogP contribution is -2.29. The number of carbonyl (C=O) groups is 1. The van der Waals surface area contributed by atoms with Gasteiger partial charge in [-0.3, -0.25) is 4.79 Å². The summed E-state index contributed by atoms with van der Waals surface area (Å²) in [6.45, 7) is 6.31. The summed E-state index contributed by atoms with van der Waals surface area (Å²) in [6.07, 6.45) is 0. The topological polar surface area (TPSA) is 20.3 Å². The molecule has 2 nitrogen and oxygen atoms in total. The third kappa shape index (κ3) is 4.08. The van der Waals surface area contributed by atoms with Gasteiger partial charge in [-0.05, 0) is 30.5 Å². The number of rotatable bonds is 4. The zero-order valence-electron chi connectivity index (χ0n) is 11.2. The zero-order chi connectivity index (χ0) is 13.0. The standard InChI is InChI=1S/C14H21NOS/c1-10(2)12-6-8-13(9-7-12)17-11(3)14(16)15(4)5/h6-11H,1-5H3. The summed E-state index contributed by atoms with van der Waals surface area (Å²) in [4.78, 5) is 14.5. The largest absolute Gasteiger partial charge is 0.348 e. The molecule has 1 unspecified atom stereocenters. The summed E-state index contributed by atoms with van der Waals surface area (Å²) in [5, 5.41) is -0.0325. The third-order valence-corrected chi connectivity index (χ3v) is 3.75. The monoisotopic (exact) mass is 251 g/mol. The molecule has 1 aromatic carbocycles. The number of amides is 1. The fourth-order valence-electron chi connectivity index (χ4n) is 1.55. The number of hydrogen-bond acceptors (Lipinski definition) is 2. The first-order valence-corrected chi connectivity index (χ1v) is 6.77. The van der Waals surface area contributed by atoms with Crippen molar-refractivity contribution in [2.45, 2.75) is 36.8 Å². The molecule has 0 aliphatic carbocycles. The Balaban J connectivity index is 2.66. The first kappa shape index (κ1) is 14.1. The summed E-state index contributed by atoms with van der Waals surface area (Å²) in [5.74, 6) is 0.706. The molecule has 0 N–H and O–H groups in total. The maximum atomic E-state index is 11.7. The van der Waals surface area contributed by atoms with Gasteiger partial charge in [0.05, 0.1) is 5.25 Å². The maximum Gasteiger partial charge on any atom is 0.235 e. The molecule has 0 radical (unpaired) electrons. The summed E-state index contributed by atoms with van der Waals surface area (Å²) in [6, 6.07) is 8.47. The fraction of sp³-hybridized carbons (Fsp3) is 0.500. The Kier molecular flexibility index (Phi) is 5.06. The number of hydrogen-bond donors (Lipinski definition) is 0. The second-order valence-electron chi connectivity index (χ2n) is 4.72. The van der Waals surface area contributed by atoms with Gasteiger partial charge in [-0.2, -0.15) is 0 Å². The molecule has 0 aliphatic heterocycles. The van der Waals surface area contributed by atoms with Crippen LogP contribution in [0.4, 0.5) is 0 Å². The lowest BCUT2D eigenvalue weighted by atomic mass is 10.0. The molecule has 0 aromatic heterocycles. The molecule has 0 bridgehead atoms. The van der Waals surface area contributed by atoms with Crippen LogP contribution in [0.15, 0.2) is 29.2 Å². The summed E-state index contributed by atoms with van der Waals surface area (Å²) < 4.78 is 0. The van der Waals surface area contributed by atoms with Gasteiger partial charge < -0.3 is 4.90 Å². The number of thioether (sulfide) groups is 1. The van der Waals surface area contributed by atoms with E-state index in [-0.39, 0.29) is 11.2 Å². The summed E-state index contributed by atoms with van der Waals surface area (Å²) >= 11 is 1.61. The van der Waals surface area contributed by atoms with Gasteiger partial charge in [-0.15, -0.1) is 11.8 Å². The highest BCUT2D eigenvalue weighted by molar-refractivity contribution is 8.00. The lowest BCUT2D eigenvalue weighted by molar-refractivity contribution is -0.127. The second kappa shape index (κ2) is 6.10. The van der Waals surface area contributed by atoms with E-state index in [0.29, 0.717) is 5.92 Å². The molecule has 0 aliphatic rings. The second-order valence-corrected chi connectivity index (χ2v) is 6.13. The van der Waals surface area contributed by atoms with Gasteiger partial charge in [0.1, 0.15) is 0 Å². The molecule has 17 heavy (non-hydrogen) atoms. The molecule has 1 amide bonds. The van der Waals surface area contributed by atoms with Crippen LogP contribution >= 0.6 is 11.8 Å². The van der Waals surface area contributed by atoms with E-state index in [1.807, 2.05) is 6.92 Å². The van der Waals surface area contributed by atoms with Crippen LogP contribution in [0, 0.1) is 0 Å². The molecule has 3 heteroatoms. The van der Waals surface area contributed by atoms with Crippen molar-refractivity contribution in [1.82, 2.24) is 4.90 Å². The molecule has 1 aromatic rings. The Hall–Kier alpha value is -0.960. The molecule has 0 fully saturated rings. The molecule has 1 atom stereocenters. The Bertz CT molecular complexity index is 370. The van der Waals surface area contributed by atoms with Crippen molar-refractivity contribution in [3.8, 4) is 0 Å². The molecule has 0 saturated heterocycles. The minimum absolute atomic E-state index is 0.0325. The smallest absolute Gasteiger partial charge is 0.235 e. The highest BCUT2D eigenvalue weighted by atomic mass is 32.2. The van der Waals surface area contributed by atoms with Gasteiger partial charge in [-0.25, -0.2) is 0 Å². The van der Waals surface area contributed by atoms with Crippen LogP contribution in [0.5, 0.6) is 0 Å². The molecular weight excluding hydrogens is 230 g/mol. The van der Waals surface area contributed by atoms with Gasteiger partial charge in [0.25, 0.3) is 0 Å². The number of benzene rings is 1. The highest BCUT2D eigenvalue weighted by Crippen LogP contribution is 2.26. The Labute approximate surface area is 108 Å². The molecule has 0 spiro atoms. The van der Waals surface area contributed by atoms with E-state index in [9.17, 15) is 4.79 Å². The zero-order valence-corrected chi connectivity index (χ0v) is 12.0. The average Bonchev–Trinajstić information content (AvgIpc) is 2.28. The highest BCUT2D eigenvalue weighted by Gasteiger charge is 2.15. The van der Waals surface area contributed by atoms with Crippen LogP contribution in [-0.2, 0) is 4.79 Å². The molecular formula is C14H21NOS. The molecule has 0 heterocycles. The van der Waals surface area contributed by atoms with E-state index in [1.54, 1.807) is 30.8 Å². The Morgan fingerprint density at radius 1 is 1.12 bits per heavy atom. The van der Waals surface area contributed by atoms with Crippen molar-refractivity contribution in [3.63, 3.8) is 0 Å². The first-order valence-electron chi connectivity index (χ1n) is 5.89. The van der Waals surface area contributed by atoms with Crippen molar-refractivity contribution in [3.05, 3.63) is 29.8 Å². The van der Waals surface area contributed by atoms with Crippen molar-refractivity contribution in [2.24, 2.45) is 0 Å². The van der Waals surface area contributed by atoms with Crippen LogP contribution in [0.25, 0.3) is 0 Å². The predicted molar refractivity (Wildman–Crippen MR) is 74.5 cm³/mol. The van der Waals surface area contributed by atoms with Crippen molar-refractivity contribution >= 4 is 17.7 Å². The molecule has 1 rings (SSSR count). The van der Waals surface area contributed by atoms with Crippen LogP contribution < -0.4 is 0 Å². The summed E-state index contributed by atoms with van der Waals surface area (Å²) in [5.41, 5.74) is 1.33. The fourth-order valence-corrected chi connectivity index (χ4v) is 2.56. The van der Waals surface area contributed by atoms with Crippen LogP contribution in [0.1, 0.15) is 32.3 Å². The van der Waals surface area contributed by atoms with E-state index in [2.05, 4.69) is 38.1 Å². The predicted octanol–water partition coefficient (Wildman–Crippen LogP) is 3.38. The van der Waals surface area contributed by atoms with Crippen molar-refractivity contribution in [2.75, 3.05) is 14.1 Å². The van der Waals surface area contributed by atoms with E-state index < -0.39 is 0 Å². The minimum atomic E-state index is -0.0325.